The number of β-amino-alcohol motifs (C(OH)–C–C–N with tert-alkyl or cyclic N) is 1. The van der Waals surface area contributed by atoms with E-state index in [9.17, 15) is 18.7 Å². The van der Waals surface area contributed by atoms with Crippen molar-refractivity contribution in [3.8, 4) is 0 Å². The lowest BCUT2D eigenvalue weighted by atomic mass is 10.2. The van der Waals surface area contributed by atoms with Gasteiger partial charge < -0.3 is 25.8 Å². The van der Waals surface area contributed by atoms with E-state index in [2.05, 4.69) is 20.3 Å². The number of ether oxygens (including phenoxy) is 1. The summed E-state index contributed by atoms with van der Waals surface area (Å²) in [6.45, 7) is 5.62. The number of fused-ring (bicyclic) bond motifs is 1. The summed E-state index contributed by atoms with van der Waals surface area (Å²) in [6, 6.07) is 3.46. The number of benzene rings is 1. The summed E-state index contributed by atoms with van der Waals surface area (Å²) < 4.78 is 33.5. The molecular weight excluding hydrogens is 486 g/mol. The number of thiazole rings is 1. The molecule has 9 nitrogen and oxygen atoms in total. The van der Waals surface area contributed by atoms with Crippen LogP contribution in [0.1, 0.15) is 26.3 Å². The average Bonchev–Trinajstić information content (AvgIpc) is 3.30. The van der Waals surface area contributed by atoms with E-state index in [1.807, 2.05) is 0 Å². The Morgan fingerprint density at radius 1 is 1.32 bits per heavy atom. The first-order valence-electron chi connectivity index (χ1n) is 10.4. The molecule has 1 aromatic carbocycles. The molecule has 1 amide bonds. The molecule has 4 rings (SSSR count). The number of likely N-dealkylation sites (tertiary alicyclic amines) is 1. The third-order valence-corrected chi connectivity index (χ3v) is 6.68. The Bertz CT molecular complexity index is 1220. The highest BCUT2D eigenvalue weighted by Crippen LogP contribution is 2.33. The van der Waals surface area contributed by atoms with Crippen molar-refractivity contribution < 1.29 is 23.4 Å². The highest BCUT2D eigenvalue weighted by Gasteiger charge is 2.37. The number of rotatable bonds is 5. The maximum atomic E-state index is 14.0. The van der Waals surface area contributed by atoms with E-state index in [4.69, 9.17) is 10.5 Å². The van der Waals surface area contributed by atoms with Crippen LogP contribution in [-0.4, -0.2) is 61.9 Å². The molecule has 0 bridgehead atoms. The van der Waals surface area contributed by atoms with Crippen molar-refractivity contribution in [1.29, 1.82) is 0 Å². The number of carbonyl (C=O) groups excluding carboxylic acids is 1. The van der Waals surface area contributed by atoms with E-state index in [1.165, 1.54) is 28.4 Å². The molecule has 3 heterocycles. The predicted octanol–water partition coefficient (Wildman–Crippen LogP) is 3.63. The van der Waals surface area contributed by atoms with E-state index < -0.39 is 35.5 Å². The summed E-state index contributed by atoms with van der Waals surface area (Å²) in [5, 5.41) is 14.3. The number of anilines is 2. The van der Waals surface area contributed by atoms with E-state index >= 15 is 0 Å². The number of nitrogens with zero attached hydrogens (tertiary/aromatic N) is 4. The predicted molar refractivity (Wildman–Crippen MR) is 127 cm³/mol. The Hall–Kier alpha value is -2.77. The zero-order valence-corrected chi connectivity index (χ0v) is 20.3. The normalized spacial score (nSPS) is 18.5. The molecular formula is C21H24F2N6O3S2. The van der Waals surface area contributed by atoms with Crippen LogP contribution in [0.15, 0.2) is 23.4 Å². The number of aromatic nitrogens is 3. The third kappa shape index (κ3) is 5.47. The molecule has 0 saturated carbocycles. The smallest absolute Gasteiger partial charge is 0.410 e. The first kappa shape index (κ1) is 24.4. The van der Waals surface area contributed by atoms with Gasteiger partial charge in [0, 0.05) is 17.9 Å². The van der Waals surface area contributed by atoms with Gasteiger partial charge in [0.05, 0.1) is 18.7 Å². The number of hydrogen-bond acceptors (Lipinski definition) is 10. The maximum absolute atomic E-state index is 14.0. The fourth-order valence-electron chi connectivity index (χ4n) is 3.36. The van der Waals surface area contributed by atoms with E-state index in [0.29, 0.717) is 16.2 Å². The lowest BCUT2D eigenvalue weighted by Crippen LogP contribution is -2.36. The molecule has 2 aromatic heterocycles. The van der Waals surface area contributed by atoms with Gasteiger partial charge in [0.1, 0.15) is 10.3 Å². The van der Waals surface area contributed by atoms with Crippen molar-refractivity contribution in [3.63, 3.8) is 0 Å². The number of nitrogens with two attached hydrogens (primary N) is 1. The summed E-state index contributed by atoms with van der Waals surface area (Å²) in [4.78, 5) is 26.9. The van der Waals surface area contributed by atoms with Crippen molar-refractivity contribution in [2.24, 2.45) is 0 Å². The standard InChI is InChI=1S/C21H24F2N6O3S2/c1-21(2,3)32-20(31)29-7-12(13(30)8-29)25-16-15-17(26-18(24)34-15)28-19(27-16)33-9-10-5-4-6-11(22)14(10)23/h4-6,12-13,30H,7-9H2,1-3H3,(H3,24,25,26,27,28). The molecule has 2 atom stereocenters. The van der Waals surface area contributed by atoms with Crippen LogP contribution >= 0.6 is 23.1 Å². The van der Waals surface area contributed by atoms with Gasteiger partial charge in [0.25, 0.3) is 0 Å². The molecule has 3 aromatic rings. The van der Waals surface area contributed by atoms with Crippen molar-refractivity contribution in [2.45, 2.75) is 49.4 Å². The molecule has 2 unspecified atom stereocenters. The van der Waals surface area contributed by atoms with Crippen molar-refractivity contribution in [2.75, 3.05) is 24.1 Å². The Morgan fingerprint density at radius 2 is 2.09 bits per heavy atom. The lowest BCUT2D eigenvalue weighted by Gasteiger charge is -2.24. The van der Waals surface area contributed by atoms with Crippen LogP contribution in [0, 0.1) is 11.6 Å². The second-order valence-electron chi connectivity index (χ2n) is 8.76. The highest BCUT2D eigenvalue weighted by atomic mass is 32.2. The van der Waals surface area contributed by atoms with Gasteiger partial charge in [-0.2, -0.15) is 0 Å². The van der Waals surface area contributed by atoms with Crippen LogP contribution in [0.5, 0.6) is 0 Å². The molecule has 13 heteroatoms. The van der Waals surface area contributed by atoms with Crippen LogP contribution in [0.4, 0.5) is 24.5 Å². The molecule has 1 aliphatic heterocycles. The average molecular weight is 511 g/mol. The van der Waals surface area contributed by atoms with Crippen LogP contribution in [-0.2, 0) is 10.5 Å². The topological polar surface area (TPSA) is 126 Å². The van der Waals surface area contributed by atoms with E-state index in [0.717, 1.165) is 17.8 Å². The number of aliphatic hydroxyl groups excluding tert-OH is 1. The van der Waals surface area contributed by atoms with Crippen molar-refractivity contribution >= 4 is 50.5 Å². The zero-order valence-electron chi connectivity index (χ0n) is 18.7. The Kier molecular flexibility index (Phi) is 6.78. The summed E-state index contributed by atoms with van der Waals surface area (Å²) in [6.07, 6.45) is -1.38. The van der Waals surface area contributed by atoms with Crippen LogP contribution in [0.3, 0.4) is 0 Å². The number of nitrogen functional groups attached to an aromatic ring is 1. The molecule has 0 spiro atoms. The fourth-order valence-corrected chi connectivity index (χ4v) is 4.90. The van der Waals surface area contributed by atoms with E-state index in [1.54, 1.807) is 20.8 Å². The fraction of sp³-hybridized carbons (Fsp3) is 0.429. The number of halogens is 2. The van der Waals surface area contributed by atoms with Gasteiger partial charge in [-0.25, -0.2) is 28.5 Å². The van der Waals surface area contributed by atoms with Gasteiger partial charge in [-0.15, -0.1) is 0 Å². The minimum Gasteiger partial charge on any atom is -0.444 e. The SMILES string of the molecule is CC(C)(C)OC(=O)N1CC(O)C(Nc2nc(SCc3cccc(F)c3F)nc3nc(N)sc23)C1. The number of hydrogen-bond donors (Lipinski definition) is 3. The number of nitrogens with one attached hydrogen (secondary N) is 1. The summed E-state index contributed by atoms with van der Waals surface area (Å²) in [7, 11) is 0. The van der Waals surface area contributed by atoms with Gasteiger partial charge in [-0.05, 0) is 26.8 Å². The zero-order chi connectivity index (χ0) is 24.6. The Balaban J connectivity index is 1.54. The van der Waals surface area contributed by atoms with Crippen LogP contribution in [0.25, 0.3) is 10.3 Å². The van der Waals surface area contributed by atoms with Crippen molar-refractivity contribution in [3.05, 3.63) is 35.4 Å². The molecule has 182 valence electrons. The highest BCUT2D eigenvalue weighted by molar-refractivity contribution is 7.98. The molecule has 0 aliphatic carbocycles. The molecule has 1 fully saturated rings. The second-order valence-corrected chi connectivity index (χ2v) is 10.7. The van der Waals surface area contributed by atoms with Crippen LogP contribution < -0.4 is 11.1 Å². The molecule has 1 aliphatic rings. The van der Waals surface area contributed by atoms with Crippen molar-refractivity contribution in [1.82, 2.24) is 19.9 Å². The van der Waals surface area contributed by atoms with Gasteiger partial charge >= 0.3 is 6.09 Å². The molecule has 1 saturated heterocycles. The van der Waals surface area contributed by atoms with Gasteiger partial charge in [0.15, 0.2) is 33.4 Å². The molecule has 34 heavy (non-hydrogen) atoms. The third-order valence-electron chi connectivity index (χ3n) is 4.90. The summed E-state index contributed by atoms with van der Waals surface area (Å²) in [5.41, 5.74) is 5.74. The molecule has 4 N–H and O–H groups in total. The monoisotopic (exact) mass is 510 g/mol. The first-order valence-corrected chi connectivity index (χ1v) is 12.2. The van der Waals surface area contributed by atoms with Gasteiger partial charge in [-0.3, -0.25) is 0 Å². The Morgan fingerprint density at radius 3 is 2.82 bits per heavy atom. The summed E-state index contributed by atoms with van der Waals surface area (Å²) >= 11 is 2.29. The largest absolute Gasteiger partial charge is 0.444 e. The summed E-state index contributed by atoms with van der Waals surface area (Å²) in [5.74, 6) is -1.35. The quantitative estimate of drug-likeness (QED) is 0.348. The molecule has 0 radical (unpaired) electrons. The lowest BCUT2D eigenvalue weighted by molar-refractivity contribution is 0.0270. The van der Waals surface area contributed by atoms with Gasteiger partial charge in [-0.1, -0.05) is 35.2 Å². The number of thioether (sulfide) groups is 1. The van der Waals surface area contributed by atoms with Gasteiger partial charge in [0.2, 0.25) is 0 Å². The number of carbonyl (C=O) groups is 1. The second kappa shape index (κ2) is 9.47. The first-order chi connectivity index (χ1) is 16.0. The van der Waals surface area contributed by atoms with Crippen LogP contribution in [0.2, 0.25) is 0 Å². The van der Waals surface area contributed by atoms with E-state index in [-0.39, 0.29) is 34.7 Å². The maximum Gasteiger partial charge on any atom is 0.410 e. The number of aliphatic hydroxyl groups is 1. The minimum atomic E-state index is -0.922. The number of amides is 1. The minimum absolute atomic E-state index is 0.103. The Labute approximate surface area is 202 Å².